The number of aromatic nitrogens is 1. The number of hydrogen-bond acceptors (Lipinski definition) is 3. The van der Waals surface area contributed by atoms with Gasteiger partial charge >= 0.3 is 0 Å². The molecule has 0 aliphatic rings. The van der Waals surface area contributed by atoms with Gasteiger partial charge in [-0.25, -0.2) is 5.48 Å². The topological polar surface area (TPSA) is 51.2 Å². The molecule has 0 aliphatic heterocycles. The van der Waals surface area contributed by atoms with Crippen LogP contribution in [0.1, 0.15) is 16.8 Å². The number of hydroxylamine groups is 1. The van der Waals surface area contributed by atoms with Gasteiger partial charge in [-0.05, 0) is 24.6 Å². The second-order valence-corrected chi connectivity index (χ2v) is 4.88. The van der Waals surface area contributed by atoms with Gasteiger partial charge in [0.15, 0.2) is 0 Å². The van der Waals surface area contributed by atoms with Crippen LogP contribution in [0.3, 0.4) is 0 Å². The largest absolute Gasteiger partial charge is 0.272 e. The number of carbonyl (C=O) groups excluding carboxylic acids is 1. The number of carbonyl (C=O) groups is 1. The normalized spacial score (nSPS) is 10.3. The highest BCUT2D eigenvalue weighted by Gasteiger charge is 2.03. The first-order chi connectivity index (χ1) is 9.63. The minimum atomic E-state index is -0.192. The number of nitrogens with zero attached hydrogens (tertiary/aromatic N) is 1. The molecule has 1 aromatic carbocycles. The summed E-state index contributed by atoms with van der Waals surface area (Å²) in [7, 11) is 0. The van der Waals surface area contributed by atoms with E-state index in [-0.39, 0.29) is 18.9 Å². The zero-order valence-electron chi connectivity index (χ0n) is 11.1. The van der Waals surface area contributed by atoms with E-state index in [4.69, 9.17) is 16.4 Å². The monoisotopic (exact) mass is 290 g/mol. The lowest BCUT2D eigenvalue weighted by Gasteiger charge is -2.06. The average molecular weight is 291 g/mol. The van der Waals surface area contributed by atoms with Gasteiger partial charge in [-0.1, -0.05) is 41.4 Å². The second kappa shape index (κ2) is 7.03. The fourth-order valence-electron chi connectivity index (χ4n) is 1.61. The van der Waals surface area contributed by atoms with Crippen molar-refractivity contribution in [2.45, 2.75) is 20.0 Å². The second-order valence-electron chi connectivity index (χ2n) is 4.44. The third-order valence-corrected chi connectivity index (χ3v) is 2.90. The van der Waals surface area contributed by atoms with Crippen LogP contribution in [0.15, 0.2) is 42.6 Å². The summed E-state index contributed by atoms with van der Waals surface area (Å²) >= 11 is 5.72. The summed E-state index contributed by atoms with van der Waals surface area (Å²) < 4.78 is 0. The van der Waals surface area contributed by atoms with E-state index < -0.39 is 0 Å². The number of amides is 1. The summed E-state index contributed by atoms with van der Waals surface area (Å²) in [5.41, 5.74) is 5.21. The van der Waals surface area contributed by atoms with Crippen LogP contribution in [-0.4, -0.2) is 10.9 Å². The number of nitrogens with one attached hydrogen (secondary N) is 1. The van der Waals surface area contributed by atoms with Gasteiger partial charge in [0.2, 0.25) is 5.91 Å². The van der Waals surface area contributed by atoms with Crippen molar-refractivity contribution < 1.29 is 9.63 Å². The third kappa shape index (κ3) is 4.64. The predicted molar refractivity (Wildman–Crippen MR) is 77.1 cm³/mol. The Bertz CT molecular complexity index is 567. The Morgan fingerprint density at radius 3 is 2.65 bits per heavy atom. The van der Waals surface area contributed by atoms with Crippen LogP contribution in [0.4, 0.5) is 0 Å². The summed E-state index contributed by atoms with van der Waals surface area (Å²) in [6, 6.07) is 11.3. The maximum atomic E-state index is 11.7. The number of pyridine rings is 1. The molecule has 1 heterocycles. The van der Waals surface area contributed by atoms with Crippen LogP contribution in [0.2, 0.25) is 5.02 Å². The van der Waals surface area contributed by atoms with Gasteiger partial charge in [0, 0.05) is 6.20 Å². The molecule has 104 valence electrons. The third-order valence-electron chi connectivity index (χ3n) is 2.68. The molecule has 0 aliphatic carbocycles. The zero-order chi connectivity index (χ0) is 14.4. The highest BCUT2D eigenvalue weighted by atomic mass is 35.5. The standard InChI is InChI=1S/C15H15ClN2O2/c1-11-2-4-12(5-3-11)8-15(19)18-20-10-14-7-6-13(16)9-17-14/h2-7,9H,8,10H2,1H3,(H,18,19). The van der Waals surface area contributed by atoms with Gasteiger partial charge in [0.1, 0.15) is 6.61 Å². The average Bonchev–Trinajstić information content (AvgIpc) is 2.44. The molecule has 2 aromatic rings. The maximum Gasteiger partial charge on any atom is 0.247 e. The van der Waals surface area contributed by atoms with E-state index in [1.54, 1.807) is 12.1 Å². The number of hydrogen-bond donors (Lipinski definition) is 1. The van der Waals surface area contributed by atoms with Crippen molar-refractivity contribution in [1.82, 2.24) is 10.5 Å². The molecule has 0 saturated heterocycles. The molecular weight excluding hydrogens is 276 g/mol. The van der Waals surface area contributed by atoms with Crippen LogP contribution >= 0.6 is 11.6 Å². The van der Waals surface area contributed by atoms with Crippen LogP contribution in [0, 0.1) is 6.92 Å². The molecule has 0 fully saturated rings. The number of benzene rings is 1. The lowest BCUT2D eigenvalue weighted by molar-refractivity contribution is -0.133. The lowest BCUT2D eigenvalue weighted by Crippen LogP contribution is -2.25. The molecule has 0 saturated carbocycles. The molecule has 0 spiro atoms. The molecule has 1 amide bonds. The minimum absolute atomic E-state index is 0.192. The van der Waals surface area contributed by atoms with Gasteiger partial charge in [-0.15, -0.1) is 0 Å². The highest BCUT2D eigenvalue weighted by Crippen LogP contribution is 2.07. The van der Waals surface area contributed by atoms with E-state index in [0.29, 0.717) is 10.7 Å². The maximum absolute atomic E-state index is 11.7. The van der Waals surface area contributed by atoms with Crippen molar-refractivity contribution in [1.29, 1.82) is 0 Å². The Morgan fingerprint density at radius 2 is 2.00 bits per heavy atom. The molecular formula is C15H15ClN2O2. The number of rotatable bonds is 5. The molecule has 20 heavy (non-hydrogen) atoms. The molecule has 5 heteroatoms. The van der Waals surface area contributed by atoms with E-state index in [2.05, 4.69) is 10.5 Å². The number of halogens is 1. The Balaban J connectivity index is 1.75. The summed E-state index contributed by atoms with van der Waals surface area (Å²) in [6.45, 7) is 2.21. The minimum Gasteiger partial charge on any atom is -0.272 e. The van der Waals surface area contributed by atoms with Crippen LogP contribution < -0.4 is 5.48 Å². The molecule has 0 unspecified atom stereocenters. The van der Waals surface area contributed by atoms with Gasteiger partial charge in [-0.3, -0.25) is 14.6 Å². The van der Waals surface area contributed by atoms with Crippen molar-refractivity contribution >= 4 is 17.5 Å². The Hall–Kier alpha value is -1.91. The Kier molecular flexibility index (Phi) is 5.09. The highest BCUT2D eigenvalue weighted by molar-refractivity contribution is 6.30. The fourth-order valence-corrected chi connectivity index (χ4v) is 1.72. The predicted octanol–water partition coefficient (Wildman–Crippen LogP) is 2.83. The first-order valence-corrected chi connectivity index (χ1v) is 6.58. The summed E-state index contributed by atoms with van der Waals surface area (Å²) in [4.78, 5) is 20.8. The molecule has 2 rings (SSSR count). The molecule has 0 radical (unpaired) electrons. The van der Waals surface area contributed by atoms with Crippen molar-refractivity contribution in [3.05, 3.63) is 64.4 Å². The summed E-state index contributed by atoms with van der Waals surface area (Å²) in [5, 5.41) is 0.567. The van der Waals surface area contributed by atoms with Gasteiger partial charge < -0.3 is 0 Å². The lowest BCUT2D eigenvalue weighted by atomic mass is 10.1. The first-order valence-electron chi connectivity index (χ1n) is 6.20. The van der Waals surface area contributed by atoms with E-state index in [0.717, 1.165) is 5.56 Å². The van der Waals surface area contributed by atoms with Crippen molar-refractivity contribution in [2.24, 2.45) is 0 Å². The Labute approximate surface area is 122 Å². The van der Waals surface area contributed by atoms with E-state index in [1.165, 1.54) is 11.8 Å². The van der Waals surface area contributed by atoms with Crippen molar-refractivity contribution in [2.75, 3.05) is 0 Å². The van der Waals surface area contributed by atoms with Crippen molar-refractivity contribution in [3.8, 4) is 0 Å². The SMILES string of the molecule is Cc1ccc(CC(=O)NOCc2ccc(Cl)cn2)cc1. The molecule has 0 bridgehead atoms. The van der Waals surface area contributed by atoms with Crippen LogP contribution in [0.25, 0.3) is 0 Å². The first kappa shape index (κ1) is 14.5. The van der Waals surface area contributed by atoms with E-state index in [1.807, 2.05) is 31.2 Å². The summed E-state index contributed by atoms with van der Waals surface area (Å²) in [5.74, 6) is -0.192. The summed E-state index contributed by atoms with van der Waals surface area (Å²) in [6.07, 6.45) is 1.82. The molecule has 1 N–H and O–H groups in total. The molecule has 1 aromatic heterocycles. The van der Waals surface area contributed by atoms with E-state index >= 15 is 0 Å². The number of aryl methyl sites for hydroxylation is 1. The molecule has 4 nitrogen and oxygen atoms in total. The van der Waals surface area contributed by atoms with E-state index in [9.17, 15) is 4.79 Å². The van der Waals surface area contributed by atoms with Gasteiger partial charge in [0.25, 0.3) is 0 Å². The van der Waals surface area contributed by atoms with Crippen molar-refractivity contribution in [3.63, 3.8) is 0 Å². The van der Waals surface area contributed by atoms with Gasteiger partial charge in [-0.2, -0.15) is 0 Å². The fraction of sp³-hybridized carbons (Fsp3) is 0.200. The smallest absolute Gasteiger partial charge is 0.247 e. The molecule has 0 atom stereocenters. The van der Waals surface area contributed by atoms with Gasteiger partial charge in [0.05, 0.1) is 17.1 Å². The quantitative estimate of drug-likeness (QED) is 0.862. The zero-order valence-corrected chi connectivity index (χ0v) is 11.9. The van der Waals surface area contributed by atoms with Crippen LogP contribution in [-0.2, 0) is 22.7 Å². The van der Waals surface area contributed by atoms with Crippen LogP contribution in [0.5, 0.6) is 0 Å². The Morgan fingerprint density at radius 1 is 1.25 bits per heavy atom.